The van der Waals surface area contributed by atoms with Gasteiger partial charge < -0.3 is 29.4 Å². The Morgan fingerprint density at radius 2 is 1.00 bits per heavy atom. The number of carbonyl (C=O) groups is 2. The highest BCUT2D eigenvalue weighted by molar-refractivity contribution is 5.94. The number of benzene rings is 4. The van der Waals surface area contributed by atoms with E-state index in [1.54, 1.807) is 66.7 Å². The number of hydrogen-bond donors (Lipinski definition) is 1. The summed E-state index contributed by atoms with van der Waals surface area (Å²) in [6.07, 6.45) is 11.9. The van der Waals surface area contributed by atoms with E-state index in [1.807, 2.05) is 31.2 Å². The predicted molar refractivity (Wildman–Crippen MR) is 202 cm³/mol. The van der Waals surface area contributed by atoms with Crippen LogP contribution in [0.15, 0.2) is 91.0 Å². The quantitative estimate of drug-likeness (QED) is 0.0464. The van der Waals surface area contributed by atoms with Gasteiger partial charge in [0.25, 0.3) is 0 Å². The van der Waals surface area contributed by atoms with Gasteiger partial charge in [-0.15, -0.1) is 0 Å². The number of hydrogen-bond acceptors (Lipinski definition) is 8. The van der Waals surface area contributed by atoms with E-state index in [0.29, 0.717) is 60.5 Å². The summed E-state index contributed by atoms with van der Waals surface area (Å²) in [5.41, 5.74) is 8.25. The molecule has 4 aromatic rings. The second-order valence-electron chi connectivity index (χ2n) is 12.5. The molecule has 0 radical (unpaired) electrons. The van der Waals surface area contributed by atoms with Crippen LogP contribution >= 0.6 is 0 Å². The second-order valence-corrected chi connectivity index (χ2v) is 12.5. The molecule has 0 amide bonds. The lowest BCUT2D eigenvalue weighted by atomic mass is 10.1. The van der Waals surface area contributed by atoms with Gasteiger partial charge in [-0.25, -0.2) is 9.59 Å². The molecule has 0 saturated heterocycles. The molecule has 4 rings (SSSR count). The van der Waals surface area contributed by atoms with Crippen LogP contribution in [-0.2, 0) is 0 Å². The lowest BCUT2D eigenvalue weighted by Crippen LogP contribution is -2.12. The van der Waals surface area contributed by atoms with Crippen molar-refractivity contribution in [3.63, 3.8) is 0 Å². The zero-order valence-electron chi connectivity index (χ0n) is 30.2. The third-order valence-corrected chi connectivity index (χ3v) is 8.32. The maximum atomic E-state index is 13.3. The van der Waals surface area contributed by atoms with Gasteiger partial charge in [0.05, 0.1) is 25.4 Å². The first-order valence-electron chi connectivity index (χ1n) is 18.5. The van der Waals surface area contributed by atoms with E-state index < -0.39 is 11.9 Å². The van der Waals surface area contributed by atoms with Crippen molar-refractivity contribution in [1.82, 2.24) is 0 Å². The number of unbranched alkanes of at least 4 members (excludes halogenated alkanes) is 8. The standard InChI is InChI=1S/C43H53NO7/c1-3-5-6-7-9-12-30-48-39-26-27-40(41(32-39)49-31-13-10-8-11-28-44)43(46)51-38-24-16-34(17-25-38)33-14-22-37(23-15-33)50-42(45)35-18-20-36(21-19-35)47-29-4-2/h14-27,32H,3-13,28-31,44H2,1-2H3. The summed E-state index contributed by atoms with van der Waals surface area (Å²) >= 11 is 0. The highest BCUT2D eigenvalue weighted by atomic mass is 16.5. The predicted octanol–water partition coefficient (Wildman–Crippen LogP) is 10.2. The van der Waals surface area contributed by atoms with E-state index in [1.165, 1.54) is 25.7 Å². The van der Waals surface area contributed by atoms with Gasteiger partial charge in [-0.05, 0) is 104 Å². The molecule has 0 aliphatic carbocycles. The van der Waals surface area contributed by atoms with Crippen LogP contribution in [-0.4, -0.2) is 38.3 Å². The Labute approximate surface area is 303 Å². The minimum atomic E-state index is -0.502. The lowest BCUT2D eigenvalue weighted by molar-refractivity contribution is 0.0722. The number of rotatable bonds is 23. The van der Waals surface area contributed by atoms with Crippen LogP contribution in [0.3, 0.4) is 0 Å². The molecule has 0 bridgehead atoms. The number of esters is 2. The summed E-state index contributed by atoms with van der Waals surface area (Å²) in [4.78, 5) is 26.0. The van der Waals surface area contributed by atoms with Crippen molar-refractivity contribution >= 4 is 11.9 Å². The maximum Gasteiger partial charge on any atom is 0.347 e. The highest BCUT2D eigenvalue weighted by Gasteiger charge is 2.17. The monoisotopic (exact) mass is 695 g/mol. The average Bonchev–Trinajstić information content (AvgIpc) is 3.16. The Balaban J connectivity index is 1.33. The molecule has 0 saturated carbocycles. The van der Waals surface area contributed by atoms with Crippen molar-refractivity contribution in [2.24, 2.45) is 5.73 Å². The molecule has 4 aromatic carbocycles. The van der Waals surface area contributed by atoms with Crippen LogP contribution in [0.2, 0.25) is 0 Å². The van der Waals surface area contributed by atoms with E-state index >= 15 is 0 Å². The van der Waals surface area contributed by atoms with Crippen LogP contribution in [0.25, 0.3) is 11.1 Å². The van der Waals surface area contributed by atoms with Gasteiger partial charge in [0.1, 0.15) is 34.3 Å². The molecular formula is C43H53NO7. The van der Waals surface area contributed by atoms with Gasteiger partial charge in [-0.2, -0.15) is 0 Å². The van der Waals surface area contributed by atoms with Gasteiger partial charge in [0, 0.05) is 6.07 Å². The maximum absolute atomic E-state index is 13.3. The molecule has 8 nitrogen and oxygen atoms in total. The van der Waals surface area contributed by atoms with E-state index in [4.69, 9.17) is 29.4 Å². The molecule has 0 aliphatic heterocycles. The van der Waals surface area contributed by atoms with Crippen molar-refractivity contribution in [1.29, 1.82) is 0 Å². The average molecular weight is 696 g/mol. The number of nitrogens with two attached hydrogens (primary N) is 1. The number of carbonyl (C=O) groups excluding carboxylic acids is 2. The van der Waals surface area contributed by atoms with Crippen molar-refractivity contribution < 1.29 is 33.3 Å². The first-order chi connectivity index (χ1) is 25.0. The lowest BCUT2D eigenvalue weighted by Gasteiger charge is -2.14. The summed E-state index contributed by atoms with van der Waals surface area (Å²) < 4.78 is 29.0. The largest absolute Gasteiger partial charge is 0.494 e. The van der Waals surface area contributed by atoms with Crippen molar-refractivity contribution in [3.05, 3.63) is 102 Å². The molecule has 272 valence electrons. The molecule has 0 aromatic heterocycles. The van der Waals surface area contributed by atoms with Crippen LogP contribution in [0.4, 0.5) is 0 Å². The van der Waals surface area contributed by atoms with Gasteiger partial charge >= 0.3 is 11.9 Å². The fourth-order valence-corrected chi connectivity index (χ4v) is 5.40. The Morgan fingerprint density at radius 3 is 1.61 bits per heavy atom. The Hall–Kier alpha value is -4.82. The SMILES string of the molecule is CCCCCCCCOc1ccc(C(=O)Oc2ccc(-c3ccc(OC(=O)c4ccc(OCCC)cc4)cc3)cc2)c(OCCCCCCN)c1. The topological polar surface area (TPSA) is 106 Å². The van der Waals surface area contributed by atoms with Gasteiger partial charge in [-0.1, -0.05) is 83.1 Å². The summed E-state index contributed by atoms with van der Waals surface area (Å²) in [6, 6.07) is 26.7. The van der Waals surface area contributed by atoms with Crippen LogP contribution in [0, 0.1) is 0 Å². The van der Waals surface area contributed by atoms with Gasteiger partial charge in [0.2, 0.25) is 0 Å². The summed E-state index contributed by atoms with van der Waals surface area (Å²) in [5, 5.41) is 0. The van der Waals surface area contributed by atoms with E-state index in [9.17, 15) is 9.59 Å². The molecule has 0 fully saturated rings. The zero-order chi connectivity index (χ0) is 36.1. The molecule has 0 unspecified atom stereocenters. The van der Waals surface area contributed by atoms with E-state index in [2.05, 4.69) is 6.92 Å². The normalized spacial score (nSPS) is 10.8. The molecule has 0 spiro atoms. The van der Waals surface area contributed by atoms with E-state index in [0.717, 1.165) is 61.8 Å². The fraction of sp³-hybridized carbons (Fsp3) is 0.395. The van der Waals surface area contributed by atoms with Crippen LogP contribution in [0.1, 0.15) is 105 Å². The highest BCUT2D eigenvalue weighted by Crippen LogP contribution is 2.29. The Morgan fingerprint density at radius 1 is 0.490 bits per heavy atom. The second kappa shape index (κ2) is 22.1. The van der Waals surface area contributed by atoms with Crippen LogP contribution < -0.4 is 29.4 Å². The molecule has 0 atom stereocenters. The molecule has 51 heavy (non-hydrogen) atoms. The van der Waals surface area contributed by atoms with Crippen molar-refractivity contribution in [3.8, 4) is 39.9 Å². The van der Waals surface area contributed by atoms with Crippen molar-refractivity contribution in [2.45, 2.75) is 84.5 Å². The first kappa shape index (κ1) is 39.0. The van der Waals surface area contributed by atoms with Crippen LogP contribution in [0.5, 0.6) is 28.7 Å². The summed E-state index contributed by atoms with van der Waals surface area (Å²) in [5.74, 6) is 1.75. The molecule has 2 N–H and O–H groups in total. The molecule has 0 aliphatic rings. The van der Waals surface area contributed by atoms with E-state index in [-0.39, 0.29) is 0 Å². The number of ether oxygens (including phenoxy) is 5. The third-order valence-electron chi connectivity index (χ3n) is 8.32. The Bertz CT molecular complexity index is 1600. The molecule has 0 heterocycles. The smallest absolute Gasteiger partial charge is 0.347 e. The van der Waals surface area contributed by atoms with Crippen molar-refractivity contribution in [2.75, 3.05) is 26.4 Å². The first-order valence-corrected chi connectivity index (χ1v) is 18.5. The van der Waals surface area contributed by atoms with Gasteiger partial charge in [0.15, 0.2) is 0 Å². The fourth-order valence-electron chi connectivity index (χ4n) is 5.40. The summed E-state index contributed by atoms with van der Waals surface area (Å²) in [6.45, 7) is 6.68. The Kier molecular flexibility index (Phi) is 16.9. The minimum absolute atomic E-state index is 0.346. The zero-order valence-corrected chi connectivity index (χ0v) is 30.2. The minimum Gasteiger partial charge on any atom is -0.494 e. The van der Waals surface area contributed by atoms with Gasteiger partial charge in [-0.3, -0.25) is 0 Å². The third kappa shape index (κ3) is 13.4. The summed E-state index contributed by atoms with van der Waals surface area (Å²) in [7, 11) is 0. The molecule has 8 heteroatoms. The molecular weight excluding hydrogens is 642 g/mol.